The van der Waals surface area contributed by atoms with E-state index in [9.17, 15) is 22.8 Å². The molecule has 0 aliphatic carbocycles. The number of ether oxygens (including phenoxy) is 1. The molecule has 7 nitrogen and oxygen atoms in total. The van der Waals surface area contributed by atoms with E-state index < -0.39 is 23.7 Å². The Morgan fingerprint density at radius 2 is 1.65 bits per heavy atom. The Morgan fingerprint density at radius 1 is 1.08 bits per heavy atom. The Morgan fingerprint density at radius 3 is 2.15 bits per heavy atom. The molecule has 0 saturated carbocycles. The number of carbonyl (C=O) groups is 2. The molecule has 1 fully saturated rings. The van der Waals surface area contributed by atoms with E-state index in [2.05, 4.69) is 10.2 Å². The fourth-order valence-electron chi connectivity index (χ4n) is 2.52. The van der Waals surface area contributed by atoms with Crippen LogP contribution in [0.4, 0.5) is 13.2 Å². The van der Waals surface area contributed by atoms with Gasteiger partial charge < -0.3 is 15.0 Å². The summed E-state index contributed by atoms with van der Waals surface area (Å²) >= 11 is 0. The molecular weight excluding hydrogens is 353 g/mol. The maximum absolute atomic E-state index is 13.9. The molecule has 1 aliphatic heterocycles. The van der Waals surface area contributed by atoms with Crippen LogP contribution in [-0.2, 0) is 9.53 Å². The molecule has 1 heterocycles. The van der Waals surface area contributed by atoms with E-state index in [0.29, 0.717) is 13.1 Å². The summed E-state index contributed by atoms with van der Waals surface area (Å²) in [5.41, 5.74) is -1.24. The number of piperazine rings is 1. The molecule has 2 N–H and O–H groups in total. The lowest BCUT2D eigenvalue weighted by atomic mass is 10.1. The van der Waals surface area contributed by atoms with Crippen molar-refractivity contribution in [1.82, 2.24) is 20.7 Å². The molecule has 1 aromatic carbocycles. The van der Waals surface area contributed by atoms with Crippen molar-refractivity contribution in [2.24, 2.45) is 0 Å². The molecule has 10 heteroatoms. The number of nitrogens with one attached hydrogen (secondary N) is 2. The van der Waals surface area contributed by atoms with Crippen LogP contribution in [0.15, 0.2) is 30.3 Å². The second kappa shape index (κ2) is 8.02. The lowest BCUT2D eigenvalue weighted by Crippen LogP contribution is -2.76. The standard InChI is InChI=1S/C16H21F3N4O3/c1-22-8-10-23(11-9-22)21-15(14(25)26-2,16(17,18)19)20-13(24)12-6-4-3-5-7-12/h3-7,21H,8-11H2,1-2H3,(H,20,24). The zero-order valence-corrected chi connectivity index (χ0v) is 14.5. The molecule has 0 bridgehead atoms. The van der Waals surface area contributed by atoms with Crippen molar-refractivity contribution < 1.29 is 27.5 Å². The third-order valence-corrected chi connectivity index (χ3v) is 4.08. The first-order valence-electron chi connectivity index (χ1n) is 7.93. The van der Waals surface area contributed by atoms with E-state index in [4.69, 9.17) is 0 Å². The first-order valence-corrected chi connectivity index (χ1v) is 7.93. The number of hydrogen-bond donors (Lipinski definition) is 2. The van der Waals surface area contributed by atoms with Gasteiger partial charge in [0.2, 0.25) is 0 Å². The Balaban J connectivity index is 2.33. The first kappa shape index (κ1) is 20.1. The van der Waals surface area contributed by atoms with Crippen LogP contribution >= 0.6 is 0 Å². The van der Waals surface area contributed by atoms with Gasteiger partial charge in [-0.1, -0.05) is 18.2 Å². The van der Waals surface area contributed by atoms with Gasteiger partial charge in [0.25, 0.3) is 5.91 Å². The van der Waals surface area contributed by atoms with Crippen LogP contribution < -0.4 is 10.7 Å². The van der Waals surface area contributed by atoms with E-state index in [0.717, 1.165) is 7.11 Å². The Kier molecular flexibility index (Phi) is 6.21. The van der Waals surface area contributed by atoms with Crippen molar-refractivity contribution >= 4 is 11.9 Å². The van der Waals surface area contributed by atoms with Crippen LogP contribution in [0.2, 0.25) is 0 Å². The third-order valence-electron chi connectivity index (χ3n) is 4.08. The number of methoxy groups -OCH3 is 1. The largest absolute Gasteiger partial charge is 0.466 e. The van der Waals surface area contributed by atoms with E-state index in [1.165, 1.54) is 29.3 Å². The molecule has 0 radical (unpaired) electrons. The highest BCUT2D eigenvalue weighted by Gasteiger charge is 2.64. The molecule has 1 atom stereocenters. The summed E-state index contributed by atoms with van der Waals surface area (Å²) in [6.45, 7) is 1.50. The van der Waals surface area contributed by atoms with Crippen LogP contribution in [0.3, 0.4) is 0 Å². The molecule has 0 spiro atoms. The number of rotatable bonds is 5. The SMILES string of the molecule is COC(=O)C(NC(=O)c1ccccc1)(NN1CCN(C)CC1)C(F)(F)F. The van der Waals surface area contributed by atoms with E-state index in [1.807, 2.05) is 11.9 Å². The summed E-state index contributed by atoms with van der Waals surface area (Å²) in [6, 6.07) is 7.34. The number of benzene rings is 1. The summed E-state index contributed by atoms with van der Waals surface area (Å²) in [6.07, 6.45) is -5.13. The second-order valence-electron chi connectivity index (χ2n) is 5.96. The van der Waals surface area contributed by atoms with Crippen molar-refractivity contribution in [3.63, 3.8) is 0 Å². The number of halogens is 3. The van der Waals surface area contributed by atoms with Gasteiger partial charge >= 0.3 is 17.8 Å². The number of amides is 1. The smallest absolute Gasteiger partial charge is 0.437 e. The van der Waals surface area contributed by atoms with E-state index >= 15 is 0 Å². The minimum Gasteiger partial charge on any atom is -0.466 e. The van der Waals surface area contributed by atoms with Crippen LogP contribution in [-0.4, -0.2) is 74.0 Å². The van der Waals surface area contributed by atoms with Gasteiger partial charge in [-0.15, -0.1) is 0 Å². The van der Waals surface area contributed by atoms with Crippen LogP contribution in [0.1, 0.15) is 10.4 Å². The molecule has 1 amide bonds. The quantitative estimate of drug-likeness (QED) is 0.581. The molecular formula is C16H21F3N4O3. The number of hydrogen-bond acceptors (Lipinski definition) is 6. The van der Waals surface area contributed by atoms with Crippen LogP contribution in [0.25, 0.3) is 0 Å². The maximum atomic E-state index is 13.9. The molecule has 1 unspecified atom stereocenters. The number of likely N-dealkylation sites (N-methyl/N-ethyl adjacent to an activating group) is 1. The molecule has 1 aromatic rings. The van der Waals surface area contributed by atoms with E-state index in [-0.39, 0.29) is 18.7 Å². The highest BCUT2D eigenvalue weighted by molar-refractivity contribution is 5.98. The summed E-state index contributed by atoms with van der Waals surface area (Å²) in [7, 11) is 2.68. The van der Waals surface area contributed by atoms with Gasteiger partial charge in [-0.05, 0) is 19.2 Å². The van der Waals surface area contributed by atoms with Gasteiger partial charge in [-0.2, -0.15) is 13.2 Å². The van der Waals surface area contributed by atoms with Gasteiger partial charge in [0, 0.05) is 31.7 Å². The fraction of sp³-hybridized carbons (Fsp3) is 0.500. The van der Waals surface area contributed by atoms with Crippen molar-refractivity contribution in [3.05, 3.63) is 35.9 Å². The average Bonchev–Trinajstić information content (AvgIpc) is 2.62. The van der Waals surface area contributed by atoms with Gasteiger partial charge in [-0.25, -0.2) is 15.2 Å². The normalized spacial score (nSPS) is 18.8. The van der Waals surface area contributed by atoms with Crippen molar-refractivity contribution in [2.45, 2.75) is 11.8 Å². The van der Waals surface area contributed by atoms with Crippen molar-refractivity contribution in [2.75, 3.05) is 40.3 Å². The van der Waals surface area contributed by atoms with Gasteiger partial charge in [0.15, 0.2) is 0 Å². The predicted octanol–water partition coefficient (Wildman–Crippen LogP) is 0.600. The minimum absolute atomic E-state index is 0.00907. The molecule has 2 rings (SSSR count). The summed E-state index contributed by atoms with van der Waals surface area (Å²) in [5.74, 6) is -2.69. The van der Waals surface area contributed by atoms with Gasteiger partial charge in [0.05, 0.1) is 7.11 Å². The summed E-state index contributed by atoms with van der Waals surface area (Å²) < 4.78 is 46.1. The van der Waals surface area contributed by atoms with Crippen molar-refractivity contribution in [1.29, 1.82) is 0 Å². The zero-order chi connectivity index (χ0) is 19.4. The number of alkyl halides is 3. The Bertz CT molecular complexity index is 633. The molecule has 1 saturated heterocycles. The minimum atomic E-state index is -5.13. The molecule has 26 heavy (non-hydrogen) atoms. The monoisotopic (exact) mass is 374 g/mol. The Labute approximate surface area is 149 Å². The molecule has 144 valence electrons. The highest BCUT2D eigenvalue weighted by atomic mass is 19.4. The topological polar surface area (TPSA) is 73.9 Å². The number of nitrogens with zero attached hydrogens (tertiary/aromatic N) is 2. The lowest BCUT2D eigenvalue weighted by Gasteiger charge is -2.41. The number of carbonyl (C=O) groups excluding carboxylic acids is 2. The van der Waals surface area contributed by atoms with Gasteiger partial charge in [0.1, 0.15) is 0 Å². The fourth-order valence-corrected chi connectivity index (χ4v) is 2.52. The number of esters is 1. The second-order valence-corrected chi connectivity index (χ2v) is 5.96. The number of hydrazine groups is 1. The van der Waals surface area contributed by atoms with E-state index in [1.54, 1.807) is 11.4 Å². The zero-order valence-electron chi connectivity index (χ0n) is 14.5. The third kappa shape index (κ3) is 4.32. The summed E-state index contributed by atoms with van der Waals surface area (Å²) in [5, 5.41) is 3.05. The average molecular weight is 374 g/mol. The highest BCUT2D eigenvalue weighted by Crippen LogP contribution is 2.30. The van der Waals surface area contributed by atoms with Crippen LogP contribution in [0, 0.1) is 0 Å². The predicted molar refractivity (Wildman–Crippen MR) is 86.9 cm³/mol. The molecule has 0 aromatic heterocycles. The summed E-state index contributed by atoms with van der Waals surface area (Å²) in [4.78, 5) is 26.4. The lowest BCUT2D eigenvalue weighted by molar-refractivity contribution is -0.229. The van der Waals surface area contributed by atoms with Crippen LogP contribution in [0.5, 0.6) is 0 Å². The molecule has 1 aliphatic rings. The first-order chi connectivity index (χ1) is 12.2. The maximum Gasteiger partial charge on any atom is 0.437 e. The Hall–Kier alpha value is -2.17. The van der Waals surface area contributed by atoms with Crippen molar-refractivity contribution in [3.8, 4) is 0 Å². The van der Waals surface area contributed by atoms with Gasteiger partial charge in [-0.3, -0.25) is 4.79 Å².